The van der Waals surface area contributed by atoms with Gasteiger partial charge in [-0.05, 0) is 103 Å². The van der Waals surface area contributed by atoms with Crippen LogP contribution in [0, 0.1) is 45.3 Å². The molecule has 0 spiro atoms. The number of hydrogen-bond donors (Lipinski definition) is 3. The summed E-state index contributed by atoms with van der Waals surface area (Å²) in [5.74, 6) is -1.50. The van der Waals surface area contributed by atoms with Crippen molar-refractivity contribution in [2.75, 3.05) is 0 Å². The molecule has 0 radical (unpaired) electrons. The monoisotopic (exact) mass is 604 g/mol. The van der Waals surface area contributed by atoms with Gasteiger partial charge >= 0.3 is 11.9 Å². The molecule has 0 saturated heterocycles. The van der Waals surface area contributed by atoms with Crippen molar-refractivity contribution in [3.05, 3.63) is 65.3 Å². The van der Waals surface area contributed by atoms with Gasteiger partial charge in [0.1, 0.15) is 11.9 Å². The van der Waals surface area contributed by atoms with Crippen LogP contribution < -0.4 is 0 Å². The number of allylic oxidation sites excluding steroid dienone is 5. The number of hydrogen-bond acceptors (Lipinski definition) is 5. The number of benzene rings is 1. The van der Waals surface area contributed by atoms with Crippen LogP contribution in [0.3, 0.4) is 0 Å². The number of phenolic OH excluding ortho intramolecular Hbond substituents is 1. The van der Waals surface area contributed by atoms with Crippen molar-refractivity contribution < 1.29 is 29.6 Å². The van der Waals surface area contributed by atoms with E-state index in [0.29, 0.717) is 30.7 Å². The summed E-state index contributed by atoms with van der Waals surface area (Å²) in [6.45, 7) is 19.6. The number of carboxylic acid groups (broad SMARTS) is 1. The Balaban J connectivity index is 1.43. The van der Waals surface area contributed by atoms with E-state index in [0.717, 1.165) is 31.3 Å². The number of phenols is 1. The van der Waals surface area contributed by atoms with Crippen molar-refractivity contribution in [2.24, 2.45) is 45.3 Å². The molecule has 0 amide bonds. The third-order valence-corrected chi connectivity index (χ3v) is 12.9. The van der Waals surface area contributed by atoms with Crippen LogP contribution in [0.1, 0.15) is 104 Å². The molecule has 44 heavy (non-hydrogen) atoms. The molecule has 3 N–H and O–H groups in total. The molecule has 8 unspecified atom stereocenters. The fraction of sp³-hybridized carbons (Fsp3) is 0.632. The summed E-state index contributed by atoms with van der Waals surface area (Å²) in [5, 5.41) is 31.7. The van der Waals surface area contributed by atoms with Gasteiger partial charge in [-0.2, -0.15) is 0 Å². The SMILES string of the molecule is C=C(CCC(C(=O)O)C1C(O)CC2(C)C3=CCC4C(C)(CCC(OC(=O)c5ccc(O)cc5)C4(C)C)C3=CCC12C)C(C)C. The normalized spacial score (nSPS) is 36.3. The van der Waals surface area contributed by atoms with Crippen LogP contribution in [0.4, 0.5) is 0 Å². The maximum Gasteiger partial charge on any atom is 0.338 e. The number of carbonyl (C=O) groups is 2. The second-order valence-corrected chi connectivity index (χ2v) is 15.8. The van der Waals surface area contributed by atoms with Gasteiger partial charge < -0.3 is 20.1 Å². The molecule has 5 rings (SSSR count). The third-order valence-electron chi connectivity index (χ3n) is 12.9. The topological polar surface area (TPSA) is 104 Å². The smallest absolute Gasteiger partial charge is 0.338 e. The zero-order valence-electron chi connectivity index (χ0n) is 27.7. The Kier molecular flexibility index (Phi) is 8.27. The van der Waals surface area contributed by atoms with Crippen LogP contribution in [0.5, 0.6) is 5.75 Å². The fourth-order valence-corrected chi connectivity index (χ4v) is 9.90. The Bertz CT molecular complexity index is 1380. The molecule has 8 atom stereocenters. The van der Waals surface area contributed by atoms with E-state index in [1.165, 1.54) is 23.3 Å². The lowest BCUT2D eigenvalue weighted by atomic mass is 9.44. The Morgan fingerprint density at radius 3 is 2.32 bits per heavy atom. The average molecular weight is 605 g/mol. The number of aliphatic hydroxyl groups is 1. The van der Waals surface area contributed by atoms with E-state index < -0.39 is 18.0 Å². The van der Waals surface area contributed by atoms with E-state index >= 15 is 0 Å². The molecule has 240 valence electrons. The van der Waals surface area contributed by atoms with Crippen molar-refractivity contribution in [3.63, 3.8) is 0 Å². The average Bonchev–Trinajstić information content (AvgIpc) is 3.15. The van der Waals surface area contributed by atoms with Crippen molar-refractivity contribution >= 4 is 11.9 Å². The Morgan fingerprint density at radius 1 is 1.05 bits per heavy atom. The number of carbonyl (C=O) groups excluding carboxylic acids is 1. The van der Waals surface area contributed by atoms with E-state index in [2.05, 4.69) is 67.2 Å². The molecule has 0 heterocycles. The number of rotatable bonds is 8. The maximum atomic E-state index is 13.1. The molecule has 6 nitrogen and oxygen atoms in total. The molecule has 1 aromatic carbocycles. The standard InChI is InChI=1S/C38H52O6/c1-22(2)23(3)9-14-26(33(41)42)32-29(40)21-38(8)28-15-16-30-35(4,5)31(44-34(43)24-10-12-25(39)13-11-24)18-19-36(30,6)27(28)17-20-37(32,38)7/h10-13,15,17,22,26,29-32,39-40H,3,9,14,16,18-21H2,1-2,4-8H3,(H,41,42). The highest BCUT2D eigenvalue weighted by Gasteiger charge is 2.66. The van der Waals surface area contributed by atoms with Crippen LogP contribution in [-0.2, 0) is 9.53 Å². The number of esters is 1. The minimum absolute atomic E-state index is 0.113. The van der Waals surface area contributed by atoms with Crippen LogP contribution in [0.2, 0.25) is 0 Å². The summed E-state index contributed by atoms with van der Waals surface area (Å²) in [4.78, 5) is 25.8. The molecule has 0 bridgehead atoms. The molecular weight excluding hydrogens is 552 g/mol. The second-order valence-electron chi connectivity index (χ2n) is 15.8. The zero-order chi connectivity index (χ0) is 32.4. The van der Waals surface area contributed by atoms with Crippen LogP contribution in [-0.4, -0.2) is 39.5 Å². The minimum Gasteiger partial charge on any atom is -0.508 e. The Morgan fingerprint density at radius 2 is 1.70 bits per heavy atom. The number of ether oxygens (including phenoxy) is 1. The van der Waals surface area contributed by atoms with Gasteiger partial charge in [0.05, 0.1) is 17.6 Å². The molecule has 4 aliphatic carbocycles. The van der Waals surface area contributed by atoms with Gasteiger partial charge in [0, 0.05) is 16.7 Å². The first-order valence-corrected chi connectivity index (χ1v) is 16.5. The summed E-state index contributed by atoms with van der Waals surface area (Å²) in [5.41, 5.74) is 2.99. The van der Waals surface area contributed by atoms with E-state index in [1.54, 1.807) is 12.1 Å². The molecule has 0 aromatic heterocycles. The van der Waals surface area contributed by atoms with Crippen LogP contribution in [0.25, 0.3) is 0 Å². The van der Waals surface area contributed by atoms with Crippen LogP contribution in [0.15, 0.2) is 59.7 Å². The number of aliphatic hydroxyl groups excluding tert-OH is 1. The van der Waals surface area contributed by atoms with Crippen molar-refractivity contribution in [2.45, 2.75) is 106 Å². The van der Waals surface area contributed by atoms with Gasteiger partial charge in [0.2, 0.25) is 0 Å². The molecular formula is C38H52O6. The molecule has 1 aromatic rings. The van der Waals surface area contributed by atoms with Gasteiger partial charge in [0.25, 0.3) is 0 Å². The second kappa shape index (κ2) is 11.2. The van der Waals surface area contributed by atoms with Crippen molar-refractivity contribution in [1.29, 1.82) is 0 Å². The summed E-state index contributed by atoms with van der Waals surface area (Å²) in [6, 6.07) is 6.19. The number of carboxylic acids is 1. The van der Waals surface area contributed by atoms with Gasteiger partial charge in [-0.1, -0.05) is 72.8 Å². The predicted molar refractivity (Wildman–Crippen MR) is 172 cm³/mol. The summed E-state index contributed by atoms with van der Waals surface area (Å²) in [6.07, 6.45) is 8.71. The number of aliphatic carboxylic acids is 1. The highest BCUT2D eigenvalue weighted by Crippen LogP contribution is 2.72. The van der Waals surface area contributed by atoms with E-state index in [1.807, 2.05) is 0 Å². The molecule has 2 fully saturated rings. The van der Waals surface area contributed by atoms with E-state index in [9.17, 15) is 24.9 Å². The summed E-state index contributed by atoms with van der Waals surface area (Å²) >= 11 is 0. The maximum absolute atomic E-state index is 13.1. The lowest BCUT2D eigenvalue weighted by Gasteiger charge is -2.61. The number of aromatic hydroxyl groups is 1. The first-order chi connectivity index (χ1) is 20.5. The lowest BCUT2D eigenvalue weighted by molar-refractivity contribution is -0.148. The van der Waals surface area contributed by atoms with Crippen molar-refractivity contribution in [3.8, 4) is 5.75 Å². The Labute approximate surface area is 263 Å². The molecule has 2 saturated carbocycles. The molecule has 4 aliphatic rings. The van der Waals surface area contributed by atoms with Gasteiger partial charge in [-0.25, -0.2) is 4.79 Å². The predicted octanol–water partition coefficient (Wildman–Crippen LogP) is 8.11. The van der Waals surface area contributed by atoms with Gasteiger partial charge in [0.15, 0.2) is 0 Å². The fourth-order valence-electron chi connectivity index (χ4n) is 9.90. The van der Waals surface area contributed by atoms with E-state index in [4.69, 9.17) is 4.74 Å². The van der Waals surface area contributed by atoms with Gasteiger partial charge in [-0.3, -0.25) is 4.79 Å². The van der Waals surface area contributed by atoms with Gasteiger partial charge in [-0.15, -0.1) is 0 Å². The highest BCUT2D eigenvalue weighted by atomic mass is 16.5. The van der Waals surface area contributed by atoms with E-state index in [-0.39, 0.29) is 51.3 Å². The quantitative estimate of drug-likeness (QED) is 0.205. The highest BCUT2D eigenvalue weighted by molar-refractivity contribution is 5.89. The first kappa shape index (κ1) is 32.5. The van der Waals surface area contributed by atoms with Crippen LogP contribution >= 0.6 is 0 Å². The Hall–Kier alpha value is -2.86. The zero-order valence-corrected chi connectivity index (χ0v) is 27.7. The lowest BCUT2D eigenvalue weighted by Crippen LogP contribution is -2.55. The first-order valence-electron chi connectivity index (χ1n) is 16.5. The van der Waals surface area contributed by atoms with Crippen molar-refractivity contribution in [1.82, 2.24) is 0 Å². The molecule has 0 aliphatic heterocycles. The number of fused-ring (bicyclic) bond motifs is 5. The third kappa shape index (κ3) is 4.96. The minimum atomic E-state index is -0.822. The summed E-state index contributed by atoms with van der Waals surface area (Å²) < 4.78 is 6.14. The largest absolute Gasteiger partial charge is 0.508 e. The molecule has 6 heteroatoms. The summed E-state index contributed by atoms with van der Waals surface area (Å²) in [7, 11) is 0.